The van der Waals surface area contributed by atoms with Crippen LogP contribution in [0, 0.1) is 0 Å². The number of thiophene rings is 1. The van der Waals surface area contributed by atoms with Gasteiger partial charge in [0, 0.05) is 30.1 Å². The highest BCUT2D eigenvalue weighted by Crippen LogP contribution is 2.46. The Balaban J connectivity index is 0.00000120. The number of nitrogens with zero attached hydrogens (tertiary/aromatic N) is 1. The van der Waals surface area contributed by atoms with E-state index in [2.05, 4.69) is 21.6 Å². The Kier molecular flexibility index (Phi) is 7.90. The Labute approximate surface area is 190 Å². The maximum atomic E-state index is 12.6. The minimum atomic E-state index is -0.142. The summed E-state index contributed by atoms with van der Waals surface area (Å²) >= 11 is 1.70. The van der Waals surface area contributed by atoms with Crippen molar-refractivity contribution in [2.24, 2.45) is 0 Å². The van der Waals surface area contributed by atoms with Gasteiger partial charge >= 0.3 is 0 Å². The van der Waals surface area contributed by atoms with Crippen LogP contribution in [0.3, 0.4) is 0 Å². The molecule has 0 atom stereocenters. The van der Waals surface area contributed by atoms with Crippen molar-refractivity contribution in [3.8, 4) is 0 Å². The first-order chi connectivity index (χ1) is 13.2. The van der Waals surface area contributed by atoms with Gasteiger partial charge in [-0.25, -0.2) is 0 Å². The van der Waals surface area contributed by atoms with Gasteiger partial charge in [0.25, 0.3) is 5.91 Å². The number of carbonyl (C=O) groups is 1. The molecule has 0 aromatic carbocycles. The molecule has 1 aliphatic carbocycles. The molecule has 4 heterocycles. The number of fused-ring (bicyclic) bond motifs is 2. The van der Waals surface area contributed by atoms with Gasteiger partial charge in [-0.2, -0.15) is 0 Å². The molecule has 1 saturated carbocycles. The molecule has 1 aromatic rings. The largest absolute Gasteiger partial charge is 0.369 e. The van der Waals surface area contributed by atoms with Crippen molar-refractivity contribution in [2.75, 3.05) is 32.8 Å². The van der Waals surface area contributed by atoms with Gasteiger partial charge in [-0.15, -0.1) is 36.2 Å². The normalized spacial score (nSPS) is 24.7. The molecule has 2 N–H and O–H groups in total. The van der Waals surface area contributed by atoms with E-state index in [-0.39, 0.29) is 36.3 Å². The summed E-state index contributed by atoms with van der Waals surface area (Å²) in [4.78, 5) is 17.6. The first-order valence-corrected chi connectivity index (χ1v) is 11.6. The highest BCUT2D eigenvalue weighted by Gasteiger charge is 2.43. The predicted molar refractivity (Wildman–Crippen MR) is 122 cm³/mol. The summed E-state index contributed by atoms with van der Waals surface area (Å²) in [5, 5.41) is 6.67. The van der Waals surface area contributed by atoms with Crippen LogP contribution in [0.5, 0.6) is 0 Å². The number of likely N-dealkylation sites (tertiary alicyclic amines) is 1. The zero-order valence-corrected chi connectivity index (χ0v) is 19.4. The van der Waals surface area contributed by atoms with Crippen LogP contribution < -0.4 is 10.6 Å². The van der Waals surface area contributed by atoms with Gasteiger partial charge in [-0.05, 0) is 76.1 Å². The molecule has 8 heteroatoms. The Morgan fingerprint density at radius 2 is 1.90 bits per heavy atom. The summed E-state index contributed by atoms with van der Waals surface area (Å²) in [7, 11) is 0. The van der Waals surface area contributed by atoms with Gasteiger partial charge in [-0.3, -0.25) is 4.79 Å². The van der Waals surface area contributed by atoms with Crippen molar-refractivity contribution in [1.82, 2.24) is 15.5 Å². The van der Waals surface area contributed by atoms with Gasteiger partial charge in [-0.1, -0.05) is 0 Å². The van der Waals surface area contributed by atoms with Crippen LogP contribution >= 0.6 is 36.2 Å². The number of amides is 1. The van der Waals surface area contributed by atoms with E-state index in [1.54, 1.807) is 11.3 Å². The number of piperidine rings is 2. The first-order valence-electron chi connectivity index (χ1n) is 10.8. The molecule has 0 radical (unpaired) electrons. The Bertz CT molecular complexity index is 696. The third-order valence-electron chi connectivity index (χ3n) is 7.07. The average molecular weight is 462 g/mol. The summed E-state index contributed by atoms with van der Waals surface area (Å²) < 4.78 is 6.41. The van der Waals surface area contributed by atoms with Gasteiger partial charge in [0.2, 0.25) is 0 Å². The van der Waals surface area contributed by atoms with E-state index < -0.39 is 0 Å². The van der Waals surface area contributed by atoms with Crippen LogP contribution in [0.4, 0.5) is 0 Å². The summed E-state index contributed by atoms with van der Waals surface area (Å²) in [5.41, 5.74) is 1.22. The summed E-state index contributed by atoms with van der Waals surface area (Å²) in [6, 6.07) is 3.28. The summed E-state index contributed by atoms with van der Waals surface area (Å²) in [5.74, 6) is 0.126. The van der Waals surface area contributed by atoms with Crippen molar-refractivity contribution in [3.63, 3.8) is 0 Å². The monoisotopic (exact) mass is 461 g/mol. The zero-order valence-electron chi connectivity index (χ0n) is 16.9. The van der Waals surface area contributed by atoms with Crippen LogP contribution in [0.15, 0.2) is 6.07 Å². The highest BCUT2D eigenvalue weighted by molar-refractivity contribution is 7.14. The number of carbonyl (C=O) groups excluding carboxylic acids is 1. The molecular formula is C21H33Cl2N3O2S. The van der Waals surface area contributed by atoms with E-state index in [4.69, 9.17) is 4.74 Å². The van der Waals surface area contributed by atoms with Crippen LogP contribution in [-0.4, -0.2) is 55.7 Å². The minimum Gasteiger partial charge on any atom is -0.369 e. The number of hydrogen-bond acceptors (Lipinski definition) is 5. The van der Waals surface area contributed by atoms with Crippen LogP contribution in [-0.2, 0) is 16.8 Å². The lowest BCUT2D eigenvalue weighted by Crippen LogP contribution is -2.51. The lowest BCUT2D eigenvalue weighted by Gasteiger charge is -2.46. The Morgan fingerprint density at radius 3 is 2.55 bits per heavy atom. The lowest BCUT2D eigenvalue weighted by atomic mass is 9.84. The topological polar surface area (TPSA) is 53.6 Å². The van der Waals surface area contributed by atoms with Crippen LogP contribution in [0.25, 0.3) is 0 Å². The first kappa shape index (κ1) is 23.3. The van der Waals surface area contributed by atoms with Crippen molar-refractivity contribution in [3.05, 3.63) is 21.4 Å². The second kappa shape index (κ2) is 9.84. The van der Waals surface area contributed by atoms with Gasteiger partial charge in [0.1, 0.15) is 5.60 Å². The molecule has 0 unspecified atom stereocenters. The lowest BCUT2D eigenvalue weighted by molar-refractivity contribution is -0.101. The van der Waals surface area contributed by atoms with Gasteiger partial charge in [0.05, 0.1) is 11.5 Å². The third kappa shape index (κ3) is 4.63. The zero-order chi connectivity index (χ0) is 18.3. The average Bonchev–Trinajstić information content (AvgIpc) is 3.12. The van der Waals surface area contributed by atoms with E-state index in [1.807, 2.05) is 0 Å². The van der Waals surface area contributed by atoms with Gasteiger partial charge in [0.15, 0.2) is 0 Å². The molecule has 5 nitrogen and oxygen atoms in total. The third-order valence-corrected chi connectivity index (χ3v) is 8.43. The molecule has 3 aliphatic heterocycles. The van der Waals surface area contributed by atoms with Crippen molar-refractivity contribution in [2.45, 2.75) is 69.1 Å². The molecule has 0 bridgehead atoms. The maximum absolute atomic E-state index is 12.6. The Morgan fingerprint density at radius 1 is 1.17 bits per heavy atom. The van der Waals surface area contributed by atoms with Crippen molar-refractivity contribution in [1.29, 1.82) is 0 Å². The van der Waals surface area contributed by atoms with E-state index >= 15 is 0 Å². The molecule has 5 rings (SSSR count). The molecule has 1 amide bonds. The summed E-state index contributed by atoms with van der Waals surface area (Å²) in [6.45, 7) is 5.33. The molecule has 164 valence electrons. The number of ether oxygens (including phenoxy) is 1. The van der Waals surface area contributed by atoms with Gasteiger partial charge < -0.3 is 20.3 Å². The SMILES string of the molecule is Cl.Cl.O=C(NC1CCC1)c1cc2c(s1)C1(CCN(C3CCNCC3)CC1)OCC2. The fourth-order valence-electron chi connectivity index (χ4n) is 5.14. The van der Waals surface area contributed by atoms with Crippen LogP contribution in [0.2, 0.25) is 0 Å². The van der Waals surface area contributed by atoms with Crippen molar-refractivity contribution >= 4 is 42.1 Å². The second-order valence-corrected chi connectivity index (χ2v) is 9.73. The molecule has 1 spiro atoms. The highest BCUT2D eigenvalue weighted by atomic mass is 35.5. The van der Waals surface area contributed by atoms with E-state index in [1.165, 1.54) is 29.7 Å². The quantitative estimate of drug-likeness (QED) is 0.722. The molecule has 3 fully saturated rings. The fraction of sp³-hybridized carbons (Fsp3) is 0.762. The number of halogens is 2. The standard InChI is InChI=1S/C21H31N3O2S.2ClH/c25-20(23-16-2-1-3-16)18-14-15-6-13-26-21(19(15)27-18)7-11-24(12-8-21)17-4-9-22-10-5-17;;/h14,16-17,22H,1-13H2,(H,23,25);2*1H. The fourth-order valence-corrected chi connectivity index (χ4v) is 6.45. The van der Waals surface area contributed by atoms with Crippen molar-refractivity contribution < 1.29 is 9.53 Å². The molecule has 4 aliphatic rings. The number of nitrogens with one attached hydrogen (secondary N) is 2. The second-order valence-electron chi connectivity index (χ2n) is 8.68. The minimum absolute atomic E-state index is 0. The number of hydrogen-bond donors (Lipinski definition) is 2. The molecule has 2 saturated heterocycles. The van der Waals surface area contributed by atoms with E-state index in [0.717, 1.165) is 75.8 Å². The molecule has 1 aromatic heterocycles. The molecular weight excluding hydrogens is 429 g/mol. The molecule has 29 heavy (non-hydrogen) atoms. The predicted octanol–water partition coefficient (Wildman–Crippen LogP) is 3.49. The Hall–Kier alpha value is -0.370. The van der Waals surface area contributed by atoms with E-state index in [0.29, 0.717) is 6.04 Å². The smallest absolute Gasteiger partial charge is 0.261 e. The summed E-state index contributed by atoms with van der Waals surface area (Å²) in [6.07, 6.45) is 9.13. The van der Waals surface area contributed by atoms with E-state index in [9.17, 15) is 4.79 Å². The number of rotatable bonds is 3. The maximum Gasteiger partial charge on any atom is 0.261 e. The van der Waals surface area contributed by atoms with Crippen LogP contribution in [0.1, 0.15) is 65.1 Å².